The molecule has 0 aliphatic heterocycles. The molecule has 0 bridgehead atoms. The van der Waals surface area contributed by atoms with Crippen molar-refractivity contribution < 1.29 is 17.9 Å². The Labute approximate surface area is 137 Å². The maximum Gasteiger partial charge on any atom is 0.314 e. The van der Waals surface area contributed by atoms with Gasteiger partial charge in [-0.1, -0.05) is 37.3 Å². The Bertz CT molecular complexity index is 578. The first-order chi connectivity index (χ1) is 10.8. The number of hydrogen-bond acceptors (Lipinski definition) is 4. The van der Waals surface area contributed by atoms with Gasteiger partial charge in [0.05, 0.1) is 18.5 Å². The molecule has 23 heavy (non-hydrogen) atoms. The summed E-state index contributed by atoms with van der Waals surface area (Å²) >= 11 is 0. The van der Waals surface area contributed by atoms with Crippen LogP contribution in [0.5, 0.6) is 0 Å². The third-order valence-corrected chi connectivity index (χ3v) is 4.52. The van der Waals surface area contributed by atoms with E-state index in [-0.39, 0.29) is 12.5 Å². The van der Waals surface area contributed by atoms with Gasteiger partial charge in [0, 0.05) is 13.1 Å². The highest BCUT2D eigenvalue weighted by Crippen LogP contribution is 2.02. The minimum atomic E-state index is -3.63. The van der Waals surface area contributed by atoms with Gasteiger partial charge in [0.2, 0.25) is 10.0 Å². The summed E-state index contributed by atoms with van der Waals surface area (Å²) in [5, 5.41) is 9.30. The van der Waals surface area contributed by atoms with Gasteiger partial charge in [0.25, 0.3) is 0 Å². The summed E-state index contributed by atoms with van der Waals surface area (Å²) in [5.41, 5.74) is 1.10. The molecule has 0 unspecified atom stereocenters. The van der Waals surface area contributed by atoms with Crippen molar-refractivity contribution in [3.63, 3.8) is 0 Å². The van der Waals surface area contributed by atoms with Crippen LogP contribution in [-0.2, 0) is 21.4 Å². The molecule has 0 saturated heterocycles. The number of ether oxygens (including phenoxy) is 1. The van der Waals surface area contributed by atoms with Gasteiger partial charge < -0.3 is 15.4 Å². The predicted molar refractivity (Wildman–Crippen MR) is 89.2 cm³/mol. The molecule has 0 aromatic heterocycles. The van der Waals surface area contributed by atoms with Gasteiger partial charge in [-0.25, -0.2) is 18.4 Å². The van der Waals surface area contributed by atoms with Gasteiger partial charge in [0.1, 0.15) is 0 Å². The fraction of sp³-hybridized carbons (Fsp3) is 0.533. The number of urea groups is 1. The molecule has 0 saturated carbocycles. The summed E-state index contributed by atoms with van der Waals surface area (Å²) < 4.78 is 27.7. The zero-order valence-electron chi connectivity index (χ0n) is 13.5. The predicted octanol–water partition coefficient (Wildman–Crippen LogP) is 0.816. The molecule has 4 N–H and O–H groups in total. The number of nitrogens with one attached hydrogen (secondary N) is 2. The maximum atomic E-state index is 11.6. The van der Waals surface area contributed by atoms with Gasteiger partial charge in [0.15, 0.2) is 0 Å². The fourth-order valence-electron chi connectivity index (χ4n) is 1.69. The highest BCUT2D eigenvalue weighted by atomic mass is 32.2. The summed E-state index contributed by atoms with van der Waals surface area (Å²) in [6.45, 7) is 4.86. The zero-order chi connectivity index (χ0) is 17.3. The molecule has 1 aromatic carbocycles. The summed E-state index contributed by atoms with van der Waals surface area (Å²) in [7, 11) is -3.63. The van der Waals surface area contributed by atoms with E-state index in [9.17, 15) is 13.2 Å². The summed E-state index contributed by atoms with van der Waals surface area (Å²) in [6, 6.07) is 9.42. The molecule has 0 spiro atoms. The minimum Gasteiger partial charge on any atom is -0.376 e. The molecule has 2 atom stereocenters. The van der Waals surface area contributed by atoms with Crippen molar-refractivity contribution in [2.75, 3.05) is 19.7 Å². The highest BCUT2D eigenvalue weighted by Gasteiger charge is 2.16. The van der Waals surface area contributed by atoms with Gasteiger partial charge in [-0.3, -0.25) is 0 Å². The molecule has 0 aliphatic rings. The van der Waals surface area contributed by atoms with Crippen LogP contribution in [0.15, 0.2) is 30.3 Å². The number of amides is 2. The van der Waals surface area contributed by atoms with E-state index < -0.39 is 21.3 Å². The molecule has 1 rings (SSSR count). The van der Waals surface area contributed by atoms with E-state index in [2.05, 4.69) is 10.6 Å². The van der Waals surface area contributed by atoms with Crippen LogP contribution in [0.4, 0.5) is 4.79 Å². The quantitative estimate of drug-likeness (QED) is 0.616. The van der Waals surface area contributed by atoms with Gasteiger partial charge >= 0.3 is 6.03 Å². The van der Waals surface area contributed by atoms with E-state index in [0.29, 0.717) is 19.8 Å². The number of hydrogen-bond donors (Lipinski definition) is 3. The Morgan fingerprint density at radius 2 is 1.78 bits per heavy atom. The molecular weight excluding hydrogens is 318 g/mol. The van der Waals surface area contributed by atoms with Crippen molar-refractivity contribution >= 4 is 16.1 Å². The van der Waals surface area contributed by atoms with Crippen molar-refractivity contribution in [3.05, 3.63) is 35.9 Å². The van der Waals surface area contributed by atoms with E-state index in [1.54, 1.807) is 0 Å². The van der Waals surface area contributed by atoms with Crippen LogP contribution in [0.1, 0.15) is 19.4 Å². The molecule has 8 heteroatoms. The third kappa shape index (κ3) is 8.53. The monoisotopic (exact) mass is 343 g/mol. The number of nitrogens with two attached hydrogens (primary N) is 1. The normalized spacial score (nSPS) is 14.0. The molecule has 7 nitrogen and oxygen atoms in total. The van der Waals surface area contributed by atoms with Crippen LogP contribution in [0.25, 0.3) is 0 Å². The summed E-state index contributed by atoms with van der Waals surface area (Å²) in [5.74, 6) is 0.139. The summed E-state index contributed by atoms with van der Waals surface area (Å²) in [4.78, 5) is 11.6. The molecule has 1 aromatic rings. The molecule has 0 fully saturated rings. The third-order valence-electron chi connectivity index (χ3n) is 3.24. The van der Waals surface area contributed by atoms with E-state index >= 15 is 0 Å². The SMILES string of the molecule is C[C@@H](CNC(=O)NC[C@@H](C)S(N)(=O)=O)COCc1ccccc1. The van der Waals surface area contributed by atoms with Crippen LogP contribution >= 0.6 is 0 Å². The van der Waals surface area contributed by atoms with Crippen LogP contribution < -0.4 is 15.8 Å². The van der Waals surface area contributed by atoms with Crippen LogP contribution in [0.3, 0.4) is 0 Å². The fourth-order valence-corrected chi connectivity index (χ4v) is 2.01. The average molecular weight is 343 g/mol. The number of rotatable bonds is 9. The first kappa shape index (κ1) is 19.4. The van der Waals surface area contributed by atoms with E-state index in [0.717, 1.165) is 5.56 Å². The van der Waals surface area contributed by atoms with Crippen molar-refractivity contribution in [1.82, 2.24) is 10.6 Å². The maximum absolute atomic E-state index is 11.6. The lowest BCUT2D eigenvalue weighted by Crippen LogP contribution is -2.44. The first-order valence-corrected chi connectivity index (χ1v) is 9.05. The van der Waals surface area contributed by atoms with Crippen molar-refractivity contribution in [3.8, 4) is 0 Å². The minimum absolute atomic E-state index is 0.0243. The number of benzene rings is 1. The molecule has 0 heterocycles. The van der Waals surface area contributed by atoms with Crippen LogP contribution in [0, 0.1) is 5.92 Å². The largest absolute Gasteiger partial charge is 0.376 e. The average Bonchev–Trinajstić information content (AvgIpc) is 2.50. The van der Waals surface area contributed by atoms with Gasteiger partial charge in [-0.05, 0) is 18.4 Å². The second kappa shape index (κ2) is 9.49. The van der Waals surface area contributed by atoms with Gasteiger partial charge in [-0.15, -0.1) is 0 Å². The molecule has 2 amide bonds. The Kier molecular flexibility index (Phi) is 8.01. The second-order valence-electron chi connectivity index (χ2n) is 5.60. The zero-order valence-corrected chi connectivity index (χ0v) is 14.3. The Hall–Kier alpha value is -1.64. The lowest BCUT2D eigenvalue weighted by Gasteiger charge is -2.15. The standard InChI is InChI=1S/C15H25N3O4S/c1-12(10-22-11-14-6-4-3-5-7-14)8-17-15(19)18-9-13(2)23(16,20)21/h3-7,12-13H,8-11H2,1-2H3,(H2,16,20,21)(H2,17,18,19)/t12-,13+/m0/s1. The van der Waals surface area contributed by atoms with E-state index in [1.165, 1.54) is 6.92 Å². The molecular formula is C15H25N3O4S. The van der Waals surface area contributed by atoms with Crippen molar-refractivity contribution in [1.29, 1.82) is 0 Å². The van der Waals surface area contributed by atoms with E-state index in [4.69, 9.17) is 9.88 Å². The first-order valence-electron chi connectivity index (χ1n) is 7.44. The number of carbonyl (C=O) groups is 1. The highest BCUT2D eigenvalue weighted by molar-refractivity contribution is 7.89. The number of carbonyl (C=O) groups excluding carboxylic acids is 1. The lowest BCUT2D eigenvalue weighted by atomic mass is 10.2. The molecule has 0 aliphatic carbocycles. The molecule has 0 radical (unpaired) electrons. The Morgan fingerprint density at radius 3 is 2.39 bits per heavy atom. The Balaban J connectivity index is 2.15. The van der Waals surface area contributed by atoms with Crippen LogP contribution in [0.2, 0.25) is 0 Å². The van der Waals surface area contributed by atoms with Crippen molar-refractivity contribution in [2.45, 2.75) is 25.7 Å². The van der Waals surface area contributed by atoms with Crippen molar-refractivity contribution in [2.24, 2.45) is 11.1 Å². The molecule has 130 valence electrons. The van der Waals surface area contributed by atoms with E-state index in [1.807, 2.05) is 37.3 Å². The number of primary sulfonamides is 1. The summed E-state index contributed by atoms with van der Waals surface area (Å²) in [6.07, 6.45) is 0. The van der Waals surface area contributed by atoms with Crippen LogP contribution in [-0.4, -0.2) is 39.4 Å². The smallest absolute Gasteiger partial charge is 0.314 e. The van der Waals surface area contributed by atoms with Gasteiger partial charge in [-0.2, -0.15) is 0 Å². The lowest BCUT2D eigenvalue weighted by molar-refractivity contribution is 0.0924. The Morgan fingerprint density at radius 1 is 1.17 bits per heavy atom. The topological polar surface area (TPSA) is 111 Å². The second-order valence-corrected chi connectivity index (χ2v) is 7.58. The number of sulfonamides is 1.